The molecule has 0 atom stereocenters. The Hall–Kier alpha value is -2.14. The van der Waals surface area contributed by atoms with Crippen LogP contribution in [0.15, 0.2) is 48.5 Å². The van der Waals surface area contributed by atoms with E-state index in [0.717, 1.165) is 5.75 Å². The van der Waals surface area contributed by atoms with Crippen LogP contribution in [0.3, 0.4) is 0 Å². The van der Waals surface area contributed by atoms with Crippen LogP contribution in [-0.2, 0) is 10.5 Å². The van der Waals surface area contributed by atoms with Crippen LogP contribution in [0.4, 0.5) is 11.4 Å². The molecule has 4 nitrogen and oxygen atoms in total. The largest absolute Gasteiger partial charge is 0.497 e. The van der Waals surface area contributed by atoms with Crippen LogP contribution < -0.4 is 15.8 Å². The van der Waals surface area contributed by atoms with Crippen molar-refractivity contribution in [1.29, 1.82) is 0 Å². The molecule has 0 spiro atoms. The third kappa shape index (κ3) is 4.72. The molecule has 110 valence electrons. The van der Waals surface area contributed by atoms with E-state index in [4.69, 9.17) is 10.5 Å². The molecule has 2 aromatic carbocycles. The number of carbonyl (C=O) groups is 1. The minimum absolute atomic E-state index is 0.0622. The highest BCUT2D eigenvalue weighted by molar-refractivity contribution is 7.99. The lowest BCUT2D eigenvalue weighted by atomic mass is 10.2. The molecule has 0 aliphatic heterocycles. The maximum absolute atomic E-state index is 11.9. The molecule has 2 rings (SSSR count). The van der Waals surface area contributed by atoms with Crippen LogP contribution in [0.2, 0.25) is 0 Å². The number of methoxy groups -OCH3 is 1. The molecule has 0 aliphatic rings. The fourth-order valence-corrected chi connectivity index (χ4v) is 2.59. The van der Waals surface area contributed by atoms with Crippen molar-refractivity contribution in [1.82, 2.24) is 0 Å². The lowest BCUT2D eigenvalue weighted by molar-refractivity contribution is -0.113. The number of anilines is 2. The zero-order valence-electron chi connectivity index (χ0n) is 11.8. The molecular formula is C16H18N2O2S. The first-order valence-corrected chi connectivity index (χ1v) is 7.69. The Morgan fingerprint density at radius 3 is 2.67 bits per heavy atom. The van der Waals surface area contributed by atoms with E-state index in [-0.39, 0.29) is 5.91 Å². The van der Waals surface area contributed by atoms with Crippen molar-refractivity contribution in [2.75, 3.05) is 23.9 Å². The van der Waals surface area contributed by atoms with Crippen molar-refractivity contribution >= 4 is 29.0 Å². The maximum atomic E-state index is 11.9. The molecule has 0 saturated heterocycles. The van der Waals surface area contributed by atoms with E-state index in [2.05, 4.69) is 5.32 Å². The summed E-state index contributed by atoms with van der Waals surface area (Å²) in [5.41, 5.74) is 8.18. The molecule has 0 radical (unpaired) electrons. The standard InChI is InChI=1S/C16H18N2O2S/c1-20-13-7-8-15(14(17)9-13)18-16(19)11-21-10-12-5-3-2-4-6-12/h2-9H,10-11,17H2,1H3,(H,18,19). The molecular weight excluding hydrogens is 284 g/mol. The second-order valence-electron chi connectivity index (χ2n) is 4.48. The Balaban J connectivity index is 1.82. The Bertz CT molecular complexity index is 602. The van der Waals surface area contributed by atoms with Gasteiger partial charge in [0.05, 0.1) is 24.2 Å². The molecule has 3 N–H and O–H groups in total. The molecule has 0 aliphatic carbocycles. The Labute approximate surface area is 128 Å². The molecule has 0 saturated carbocycles. The third-order valence-electron chi connectivity index (χ3n) is 2.88. The highest BCUT2D eigenvalue weighted by Gasteiger charge is 2.06. The first-order valence-electron chi connectivity index (χ1n) is 6.54. The van der Waals surface area contributed by atoms with Gasteiger partial charge in [-0.3, -0.25) is 4.79 Å². The van der Waals surface area contributed by atoms with Crippen molar-refractivity contribution in [3.05, 3.63) is 54.1 Å². The second-order valence-corrected chi connectivity index (χ2v) is 5.47. The van der Waals surface area contributed by atoms with Gasteiger partial charge in [0.1, 0.15) is 5.75 Å². The highest BCUT2D eigenvalue weighted by atomic mass is 32.2. The minimum atomic E-state index is -0.0622. The lowest BCUT2D eigenvalue weighted by Crippen LogP contribution is -2.15. The molecule has 5 heteroatoms. The van der Waals surface area contributed by atoms with E-state index in [0.29, 0.717) is 22.9 Å². The van der Waals surface area contributed by atoms with Gasteiger partial charge in [-0.15, -0.1) is 11.8 Å². The summed E-state index contributed by atoms with van der Waals surface area (Å²) in [6.45, 7) is 0. The van der Waals surface area contributed by atoms with Gasteiger partial charge in [0.25, 0.3) is 0 Å². The van der Waals surface area contributed by atoms with E-state index in [1.54, 1.807) is 37.1 Å². The van der Waals surface area contributed by atoms with E-state index in [9.17, 15) is 4.79 Å². The monoisotopic (exact) mass is 302 g/mol. The van der Waals surface area contributed by atoms with Gasteiger partial charge >= 0.3 is 0 Å². The van der Waals surface area contributed by atoms with Crippen molar-refractivity contribution < 1.29 is 9.53 Å². The SMILES string of the molecule is COc1ccc(NC(=O)CSCc2ccccc2)c(N)c1. The summed E-state index contributed by atoms with van der Waals surface area (Å²) in [7, 11) is 1.58. The summed E-state index contributed by atoms with van der Waals surface area (Å²) < 4.78 is 5.07. The van der Waals surface area contributed by atoms with Gasteiger partial charge in [-0.1, -0.05) is 30.3 Å². The van der Waals surface area contributed by atoms with Gasteiger partial charge in [0, 0.05) is 11.8 Å². The number of nitrogen functional groups attached to an aromatic ring is 1. The summed E-state index contributed by atoms with van der Waals surface area (Å²) in [4.78, 5) is 11.9. The van der Waals surface area contributed by atoms with E-state index in [1.165, 1.54) is 5.56 Å². The number of hydrogen-bond acceptors (Lipinski definition) is 4. The number of amides is 1. The van der Waals surface area contributed by atoms with E-state index >= 15 is 0 Å². The average Bonchev–Trinajstić information content (AvgIpc) is 2.50. The minimum Gasteiger partial charge on any atom is -0.497 e. The summed E-state index contributed by atoms with van der Waals surface area (Å²) in [6, 6.07) is 15.3. The molecule has 0 heterocycles. The highest BCUT2D eigenvalue weighted by Crippen LogP contribution is 2.24. The Morgan fingerprint density at radius 2 is 2.00 bits per heavy atom. The number of thioether (sulfide) groups is 1. The lowest BCUT2D eigenvalue weighted by Gasteiger charge is -2.09. The fraction of sp³-hybridized carbons (Fsp3) is 0.188. The van der Waals surface area contributed by atoms with E-state index in [1.807, 2.05) is 30.3 Å². The van der Waals surface area contributed by atoms with Gasteiger partial charge in [0.2, 0.25) is 5.91 Å². The van der Waals surface area contributed by atoms with Crippen LogP contribution in [0.1, 0.15) is 5.56 Å². The summed E-state index contributed by atoms with van der Waals surface area (Å²) in [5.74, 6) is 1.81. The van der Waals surface area contributed by atoms with Gasteiger partial charge in [-0.05, 0) is 17.7 Å². The Kier molecular flexibility index (Phi) is 5.51. The average molecular weight is 302 g/mol. The summed E-state index contributed by atoms with van der Waals surface area (Å²) in [6.07, 6.45) is 0. The fourth-order valence-electron chi connectivity index (χ4n) is 1.80. The van der Waals surface area contributed by atoms with Crippen molar-refractivity contribution in [3.63, 3.8) is 0 Å². The first-order chi connectivity index (χ1) is 10.2. The van der Waals surface area contributed by atoms with Crippen molar-refractivity contribution in [2.45, 2.75) is 5.75 Å². The predicted octanol–water partition coefficient (Wildman–Crippen LogP) is 3.15. The van der Waals surface area contributed by atoms with Gasteiger partial charge in [0.15, 0.2) is 0 Å². The molecule has 0 aromatic heterocycles. The molecule has 0 bridgehead atoms. The van der Waals surface area contributed by atoms with E-state index < -0.39 is 0 Å². The molecule has 21 heavy (non-hydrogen) atoms. The van der Waals surface area contributed by atoms with Crippen LogP contribution in [0.5, 0.6) is 5.75 Å². The maximum Gasteiger partial charge on any atom is 0.234 e. The molecule has 0 unspecified atom stereocenters. The van der Waals surface area contributed by atoms with Crippen molar-refractivity contribution in [3.8, 4) is 5.75 Å². The van der Waals surface area contributed by atoms with Gasteiger partial charge < -0.3 is 15.8 Å². The number of benzene rings is 2. The number of ether oxygens (including phenoxy) is 1. The van der Waals surface area contributed by atoms with Crippen molar-refractivity contribution in [2.24, 2.45) is 0 Å². The number of rotatable bonds is 6. The zero-order valence-corrected chi connectivity index (χ0v) is 12.7. The molecule has 2 aromatic rings. The van der Waals surface area contributed by atoms with Crippen LogP contribution in [0.25, 0.3) is 0 Å². The summed E-state index contributed by atoms with van der Waals surface area (Å²) in [5, 5.41) is 2.81. The molecule has 1 amide bonds. The van der Waals surface area contributed by atoms with Gasteiger partial charge in [-0.25, -0.2) is 0 Å². The molecule has 0 fully saturated rings. The quantitative estimate of drug-likeness (QED) is 0.805. The first kappa shape index (κ1) is 15.3. The Morgan fingerprint density at radius 1 is 1.24 bits per heavy atom. The van der Waals surface area contributed by atoms with Crippen LogP contribution in [-0.4, -0.2) is 18.8 Å². The smallest absolute Gasteiger partial charge is 0.234 e. The third-order valence-corrected chi connectivity index (χ3v) is 3.88. The predicted molar refractivity (Wildman–Crippen MR) is 88.6 cm³/mol. The topological polar surface area (TPSA) is 64.3 Å². The van der Waals surface area contributed by atoms with Crippen LogP contribution in [0, 0.1) is 0 Å². The number of nitrogens with one attached hydrogen (secondary N) is 1. The van der Waals surface area contributed by atoms with Crippen LogP contribution >= 0.6 is 11.8 Å². The summed E-state index contributed by atoms with van der Waals surface area (Å²) >= 11 is 1.57. The second kappa shape index (κ2) is 7.59. The number of nitrogens with two attached hydrogens (primary N) is 1. The zero-order chi connectivity index (χ0) is 15.1. The normalized spacial score (nSPS) is 10.1. The van der Waals surface area contributed by atoms with Gasteiger partial charge in [-0.2, -0.15) is 0 Å². The number of carbonyl (C=O) groups excluding carboxylic acids is 1. The number of hydrogen-bond donors (Lipinski definition) is 2.